The summed E-state index contributed by atoms with van der Waals surface area (Å²) in [5, 5.41) is 9.47. The molecule has 0 fully saturated rings. The molecular weight excluding hydrogens is 257 g/mol. The number of benzene rings is 1. The molecule has 2 aromatic rings. The van der Waals surface area contributed by atoms with E-state index in [0.29, 0.717) is 5.56 Å². The van der Waals surface area contributed by atoms with Gasteiger partial charge in [0.15, 0.2) is 0 Å². The number of phenols is 1. The number of hydrogen-bond donors (Lipinski definition) is 2. The Balaban J connectivity index is 2.40. The first-order valence-corrected chi connectivity index (χ1v) is 4.87. The van der Waals surface area contributed by atoms with Crippen molar-refractivity contribution in [2.75, 3.05) is 0 Å². The van der Waals surface area contributed by atoms with Gasteiger partial charge in [-0.3, -0.25) is 0 Å². The number of aromatic amines is 1. The zero-order valence-electron chi connectivity index (χ0n) is 8.22. The van der Waals surface area contributed by atoms with Gasteiger partial charge in [0.1, 0.15) is 5.75 Å². The predicted molar refractivity (Wildman–Crippen MR) is 55.7 cm³/mol. The summed E-state index contributed by atoms with van der Waals surface area (Å²) in [6, 6.07) is 4.13. The fraction of sp³-hybridized carbons (Fsp3) is 0.100. The summed E-state index contributed by atoms with van der Waals surface area (Å²) >= 11 is 5.59. The van der Waals surface area contributed by atoms with Crippen LogP contribution in [0, 0.1) is 0 Å². The molecule has 1 aromatic carbocycles. The number of nitrogens with zero attached hydrogens (tertiary/aromatic N) is 1. The van der Waals surface area contributed by atoms with Crippen molar-refractivity contribution in [2.24, 2.45) is 0 Å². The molecule has 2 N–H and O–H groups in total. The van der Waals surface area contributed by atoms with Gasteiger partial charge in [-0.15, -0.1) is 0 Å². The quantitative estimate of drug-likeness (QED) is 0.827. The molecule has 90 valence electrons. The highest BCUT2D eigenvalue weighted by molar-refractivity contribution is 6.32. The summed E-state index contributed by atoms with van der Waals surface area (Å²) in [6.07, 6.45) is -3.47. The summed E-state index contributed by atoms with van der Waals surface area (Å²) in [7, 11) is 0. The van der Waals surface area contributed by atoms with Gasteiger partial charge in [0, 0.05) is 5.56 Å². The van der Waals surface area contributed by atoms with Crippen LogP contribution in [0.1, 0.15) is 5.82 Å². The molecule has 0 aliphatic carbocycles. The Kier molecular flexibility index (Phi) is 2.74. The molecule has 3 nitrogen and oxygen atoms in total. The molecule has 2 rings (SSSR count). The number of hydrogen-bond acceptors (Lipinski definition) is 2. The Morgan fingerprint density at radius 1 is 1.29 bits per heavy atom. The molecule has 1 aromatic heterocycles. The largest absolute Gasteiger partial charge is 0.506 e. The van der Waals surface area contributed by atoms with E-state index in [9.17, 15) is 18.3 Å². The molecule has 0 saturated heterocycles. The molecule has 0 aliphatic rings. The smallest absolute Gasteiger partial charge is 0.449 e. The highest BCUT2D eigenvalue weighted by Crippen LogP contribution is 2.31. The van der Waals surface area contributed by atoms with Crippen molar-refractivity contribution < 1.29 is 18.3 Å². The van der Waals surface area contributed by atoms with Crippen molar-refractivity contribution in [3.05, 3.63) is 35.2 Å². The van der Waals surface area contributed by atoms with Gasteiger partial charge in [-0.2, -0.15) is 13.2 Å². The first kappa shape index (κ1) is 11.8. The molecule has 1 heterocycles. The third kappa shape index (κ3) is 2.36. The molecule has 0 aliphatic heterocycles. The number of halogens is 4. The summed E-state index contributed by atoms with van der Waals surface area (Å²) in [4.78, 5) is 5.35. The van der Waals surface area contributed by atoms with E-state index in [1.807, 2.05) is 0 Å². The van der Waals surface area contributed by atoms with Crippen LogP contribution in [0.2, 0.25) is 5.02 Å². The number of alkyl halides is 3. The SMILES string of the molecule is Oc1cc(-c2cnc(C(F)(F)F)[nH]2)ccc1Cl. The maximum absolute atomic E-state index is 12.3. The van der Waals surface area contributed by atoms with Gasteiger partial charge in [-0.25, -0.2) is 4.98 Å². The van der Waals surface area contributed by atoms with Crippen LogP contribution in [-0.2, 0) is 6.18 Å². The molecule has 7 heteroatoms. The van der Waals surface area contributed by atoms with E-state index in [0.717, 1.165) is 6.20 Å². The van der Waals surface area contributed by atoms with Gasteiger partial charge in [0.05, 0.1) is 16.9 Å². The minimum absolute atomic E-state index is 0.129. The van der Waals surface area contributed by atoms with Crippen molar-refractivity contribution in [3.63, 3.8) is 0 Å². The lowest BCUT2D eigenvalue weighted by Crippen LogP contribution is -2.07. The number of imidazole rings is 1. The number of phenolic OH excluding ortho intramolecular Hbond substituents is 1. The summed E-state index contributed by atoms with van der Waals surface area (Å²) in [5.74, 6) is -1.28. The van der Waals surface area contributed by atoms with Crippen molar-refractivity contribution in [1.82, 2.24) is 9.97 Å². The monoisotopic (exact) mass is 262 g/mol. The second-order valence-electron chi connectivity index (χ2n) is 3.31. The molecule has 0 unspecified atom stereocenters. The Morgan fingerprint density at radius 3 is 2.53 bits per heavy atom. The van der Waals surface area contributed by atoms with Crippen molar-refractivity contribution in [1.29, 1.82) is 0 Å². The van der Waals surface area contributed by atoms with Crippen LogP contribution in [0.25, 0.3) is 11.3 Å². The highest BCUT2D eigenvalue weighted by atomic mass is 35.5. The Morgan fingerprint density at radius 2 is 2.00 bits per heavy atom. The third-order valence-corrected chi connectivity index (χ3v) is 2.42. The Hall–Kier alpha value is -1.69. The number of H-pyrrole nitrogens is 1. The lowest BCUT2D eigenvalue weighted by Gasteiger charge is -2.02. The van der Waals surface area contributed by atoms with Crippen molar-refractivity contribution >= 4 is 11.6 Å². The number of nitrogens with one attached hydrogen (secondary N) is 1. The van der Waals surface area contributed by atoms with E-state index >= 15 is 0 Å². The Bertz CT molecular complexity index is 551. The molecule has 0 atom stereocenters. The van der Waals surface area contributed by atoms with Crippen LogP contribution >= 0.6 is 11.6 Å². The van der Waals surface area contributed by atoms with Crippen LogP contribution in [0.4, 0.5) is 13.2 Å². The summed E-state index contributed by atoms with van der Waals surface area (Å²) < 4.78 is 36.9. The second kappa shape index (κ2) is 3.96. The van der Waals surface area contributed by atoms with Gasteiger partial charge >= 0.3 is 6.18 Å². The average Bonchev–Trinajstić information content (AvgIpc) is 2.70. The lowest BCUT2D eigenvalue weighted by molar-refractivity contribution is -0.144. The lowest BCUT2D eigenvalue weighted by atomic mass is 10.1. The van der Waals surface area contributed by atoms with Crippen LogP contribution < -0.4 is 0 Å². The number of aromatic nitrogens is 2. The second-order valence-corrected chi connectivity index (χ2v) is 3.72. The van der Waals surface area contributed by atoms with Crippen molar-refractivity contribution in [3.8, 4) is 17.0 Å². The predicted octanol–water partition coefficient (Wildman–Crippen LogP) is 3.45. The van der Waals surface area contributed by atoms with Gasteiger partial charge in [-0.1, -0.05) is 17.7 Å². The van der Waals surface area contributed by atoms with Crippen molar-refractivity contribution in [2.45, 2.75) is 6.18 Å². The van der Waals surface area contributed by atoms with E-state index in [-0.39, 0.29) is 16.5 Å². The number of aromatic hydroxyl groups is 1. The molecule has 0 saturated carbocycles. The van der Waals surface area contributed by atoms with E-state index in [1.54, 1.807) is 0 Å². The zero-order chi connectivity index (χ0) is 12.6. The molecule has 17 heavy (non-hydrogen) atoms. The van der Waals surface area contributed by atoms with Crippen LogP contribution in [-0.4, -0.2) is 15.1 Å². The standard InChI is InChI=1S/C10H6ClF3N2O/c11-6-2-1-5(3-8(6)17)7-4-15-9(16-7)10(12,13)14/h1-4,17H,(H,15,16). The maximum atomic E-state index is 12.3. The summed E-state index contributed by atoms with van der Waals surface area (Å²) in [5.41, 5.74) is 0.527. The molecule has 0 spiro atoms. The normalized spacial score (nSPS) is 11.8. The molecule has 0 radical (unpaired) electrons. The van der Waals surface area contributed by atoms with Crippen LogP contribution in [0.5, 0.6) is 5.75 Å². The van der Waals surface area contributed by atoms with Gasteiger partial charge in [0.2, 0.25) is 5.82 Å². The Labute approximate surface area is 98.9 Å². The van der Waals surface area contributed by atoms with E-state index in [1.165, 1.54) is 18.2 Å². The fourth-order valence-electron chi connectivity index (χ4n) is 1.29. The highest BCUT2D eigenvalue weighted by Gasteiger charge is 2.34. The van der Waals surface area contributed by atoms with Gasteiger partial charge in [-0.05, 0) is 12.1 Å². The van der Waals surface area contributed by atoms with Crippen LogP contribution in [0.3, 0.4) is 0 Å². The minimum atomic E-state index is -4.52. The first-order chi connectivity index (χ1) is 7.88. The molecule has 0 amide bonds. The topological polar surface area (TPSA) is 48.9 Å². The first-order valence-electron chi connectivity index (χ1n) is 4.49. The molecular formula is C10H6ClF3N2O. The summed E-state index contributed by atoms with van der Waals surface area (Å²) in [6.45, 7) is 0. The van der Waals surface area contributed by atoms with E-state index < -0.39 is 12.0 Å². The van der Waals surface area contributed by atoms with Gasteiger partial charge < -0.3 is 10.1 Å². The molecule has 0 bridgehead atoms. The van der Waals surface area contributed by atoms with E-state index in [4.69, 9.17) is 11.6 Å². The third-order valence-electron chi connectivity index (χ3n) is 2.10. The maximum Gasteiger partial charge on any atom is 0.449 e. The number of rotatable bonds is 1. The minimum Gasteiger partial charge on any atom is -0.506 e. The van der Waals surface area contributed by atoms with E-state index in [2.05, 4.69) is 9.97 Å². The fourth-order valence-corrected chi connectivity index (χ4v) is 1.41. The zero-order valence-corrected chi connectivity index (χ0v) is 8.97. The van der Waals surface area contributed by atoms with Crippen LogP contribution in [0.15, 0.2) is 24.4 Å². The average molecular weight is 263 g/mol. The van der Waals surface area contributed by atoms with Gasteiger partial charge in [0.25, 0.3) is 0 Å².